The maximum Gasteiger partial charge on any atom is 0.225 e. The molecule has 0 aliphatic heterocycles. The monoisotopic (exact) mass is 297 g/mol. The molecule has 0 unspecified atom stereocenters. The molecule has 0 aliphatic carbocycles. The Morgan fingerprint density at radius 1 is 1.36 bits per heavy atom. The van der Waals surface area contributed by atoms with E-state index < -0.39 is 0 Å². The lowest BCUT2D eigenvalue weighted by molar-refractivity contribution is -0.115. The quantitative estimate of drug-likeness (QED) is 0.800. The number of carbonyl (C=O) groups is 1. The van der Waals surface area contributed by atoms with Gasteiger partial charge < -0.3 is 9.73 Å². The van der Waals surface area contributed by atoms with Gasteiger partial charge in [-0.15, -0.1) is 0 Å². The highest BCUT2D eigenvalue weighted by atomic mass is 16.3. The summed E-state index contributed by atoms with van der Waals surface area (Å²) in [6, 6.07) is 7.09. The van der Waals surface area contributed by atoms with Gasteiger partial charge in [-0.3, -0.25) is 4.79 Å². The van der Waals surface area contributed by atoms with Gasteiger partial charge in [0.05, 0.1) is 0 Å². The first-order valence-corrected chi connectivity index (χ1v) is 6.91. The number of hydrogen-bond acceptors (Lipinski definition) is 5. The predicted molar refractivity (Wildman–Crippen MR) is 80.5 cm³/mol. The summed E-state index contributed by atoms with van der Waals surface area (Å²) < 4.78 is 7.16. The molecule has 0 saturated carbocycles. The average molecular weight is 297 g/mol. The molecule has 0 saturated heterocycles. The number of aromatic nitrogens is 4. The molecule has 1 amide bonds. The Morgan fingerprint density at radius 3 is 2.86 bits per heavy atom. The average Bonchev–Trinajstić information content (AvgIpc) is 3.18. The van der Waals surface area contributed by atoms with Crippen molar-refractivity contribution in [2.75, 3.05) is 5.32 Å². The van der Waals surface area contributed by atoms with Crippen molar-refractivity contribution in [3.05, 3.63) is 42.4 Å². The van der Waals surface area contributed by atoms with Gasteiger partial charge in [0.15, 0.2) is 17.4 Å². The van der Waals surface area contributed by atoms with Gasteiger partial charge in [0.2, 0.25) is 5.91 Å². The molecule has 0 radical (unpaired) electrons. The van der Waals surface area contributed by atoms with Gasteiger partial charge in [-0.1, -0.05) is 6.92 Å². The molecule has 0 atom stereocenters. The van der Waals surface area contributed by atoms with Gasteiger partial charge in [0, 0.05) is 24.9 Å². The molecular formula is C15H15N5O2. The first-order valence-electron chi connectivity index (χ1n) is 6.91. The van der Waals surface area contributed by atoms with Crippen LogP contribution in [0.25, 0.3) is 17.4 Å². The lowest BCUT2D eigenvalue weighted by Crippen LogP contribution is -2.12. The van der Waals surface area contributed by atoms with Gasteiger partial charge in [0.25, 0.3) is 0 Å². The fourth-order valence-corrected chi connectivity index (χ4v) is 1.92. The molecule has 3 rings (SSSR count). The van der Waals surface area contributed by atoms with Crippen molar-refractivity contribution in [3.8, 4) is 17.4 Å². The van der Waals surface area contributed by atoms with Crippen LogP contribution >= 0.6 is 0 Å². The molecule has 22 heavy (non-hydrogen) atoms. The SMILES string of the molecule is CCC(=O)Nc1cc(-n2cccn2)nc(-c2ccc(C)o2)n1. The molecule has 3 heterocycles. The Labute approximate surface area is 127 Å². The van der Waals surface area contributed by atoms with Crippen LogP contribution in [0.2, 0.25) is 0 Å². The third kappa shape index (κ3) is 2.88. The first-order chi connectivity index (χ1) is 10.7. The predicted octanol–water partition coefficient (Wildman–Crippen LogP) is 2.58. The lowest BCUT2D eigenvalue weighted by Gasteiger charge is -2.08. The van der Waals surface area contributed by atoms with E-state index in [4.69, 9.17) is 4.42 Å². The van der Waals surface area contributed by atoms with E-state index in [-0.39, 0.29) is 5.91 Å². The fourth-order valence-electron chi connectivity index (χ4n) is 1.92. The number of hydrogen-bond donors (Lipinski definition) is 1. The molecule has 0 spiro atoms. The van der Waals surface area contributed by atoms with Crippen molar-refractivity contribution < 1.29 is 9.21 Å². The summed E-state index contributed by atoms with van der Waals surface area (Å²) >= 11 is 0. The van der Waals surface area contributed by atoms with Crippen LogP contribution in [0, 0.1) is 6.92 Å². The number of nitrogens with one attached hydrogen (secondary N) is 1. The summed E-state index contributed by atoms with van der Waals surface area (Å²) in [5, 5.41) is 6.89. The Balaban J connectivity index is 2.07. The van der Waals surface area contributed by atoms with E-state index in [0.717, 1.165) is 5.76 Å². The topological polar surface area (TPSA) is 85.8 Å². The summed E-state index contributed by atoms with van der Waals surface area (Å²) in [7, 11) is 0. The minimum atomic E-state index is -0.119. The van der Waals surface area contributed by atoms with Gasteiger partial charge in [0.1, 0.15) is 11.6 Å². The van der Waals surface area contributed by atoms with Crippen molar-refractivity contribution in [2.45, 2.75) is 20.3 Å². The molecule has 3 aromatic rings. The summed E-state index contributed by atoms with van der Waals surface area (Å²) in [6.45, 7) is 3.63. The van der Waals surface area contributed by atoms with E-state index in [2.05, 4.69) is 20.4 Å². The van der Waals surface area contributed by atoms with E-state index in [0.29, 0.717) is 29.6 Å². The summed E-state index contributed by atoms with van der Waals surface area (Å²) in [6.07, 6.45) is 3.80. The van der Waals surface area contributed by atoms with E-state index in [1.807, 2.05) is 13.0 Å². The van der Waals surface area contributed by atoms with Crippen LogP contribution < -0.4 is 5.32 Å². The van der Waals surface area contributed by atoms with Crippen LogP contribution in [0.15, 0.2) is 41.1 Å². The molecule has 7 nitrogen and oxygen atoms in total. The zero-order valence-corrected chi connectivity index (χ0v) is 12.3. The molecule has 1 N–H and O–H groups in total. The fraction of sp³-hybridized carbons (Fsp3) is 0.200. The highest BCUT2D eigenvalue weighted by Crippen LogP contribution is 2.21. The third-order valence-electron chi connectivity index (χ3n) is 3.00. The summed E-state index contributed by atoms with van der Waals surface area (Å²) in [5.74, 6) is 2.55. The van der Waals surface area contributed by atoms with E-state index >= 15 is 0 Å². The zero-order chi connectivity index (χ0) is 15.5. The number of carbonyl (C=O) groups excluding carboxylic acids is 1. The van der Waals surface area contributed by atoms with Crippen LogP contribution in [0.4, 0.5) is 5.82 Å². The molecule has 0 aliphatic rings. The highest BCUT2D eigenvalue weighted by molar-refractivity contribution is 5.89. The summed E-state index contributed by atoms with van der Waals surface area (Å²) in [4.78, 5) is 20.4. The van der Waals surface area contributed by atoms with Gasteiger partial charge in [-0.2, -0.15) is 5.10 Å². The van der Waals surface area contributed by atoms with Gasteiger partial charge in [-0.05, 0) is 25.1 Å². The standard InChI is InChI=1S/C15H15N5O2/c1-3-14(21)17-12-9-13(20-8-4-7-16-20)19-15(18-12)11-6-5-10(2)22-11/h4-9H,3H2,1-2H3,(H,17,18,19,21). The number of furan rings is 1. The minimum Gasteiger partial charge on any atom is -0.458 e. The van der Waals surface area contributed by atoms with E-state index in [9.17, 15) is 4.79 Å². The number of rotatable bonds is 4. The number of aryl methyl sites for hydroxylation is 1. The van der Waals surface area contributed by atoms with Crippen LogP contribution in [0.5, 0.6) is 0 Å². The van der Waals surface area contributed by atoms with Crippen molar-refractivity contribution >= 4 is 11.7 Å². The smallest absolute Gasteiger partial charge is 0.225 e. The molecule has 0 aromatic carbocycles. The first kappa shape index (κ1) is 14.0. The Morgan fingerprint density at radius 2 is 2.23 bits per heavy atom. The van der Waals surface area contributed by atoms with Gasteiger partial charge in [-0.25, -0.2) is 14.6 Å². The normalized spacial score (nSPS) is 10.6. The Kier molecular flexibility index (Phi) is 3.69. The van der Waals surface area contributed by atoms with Crippen LogP contribution in [-0.2, 0) is 4.79 Å². The van der Waals surface area contributed by atoms with E-state index in [1.165, 1.54) is 0 Å². The summed E-state index contributed by atoms with van der Waals surface area (Å²) in [5.41, 5.74) is 0. The number of anilines is 1. The Bertz CT molecular complexity index is 792. The largest absolute Gasteiger partial charge is 0.458 e. The third-order valence-corrected chi connectivity index (χ3v) is 3.00. The van der Waals surface area contributed by atoms with E-state index in [1.54, 1.807) is 42.2 Å². The zero-order valence-electron chi connectivity index (χ0n) is 12.3. The molecule has 3 aromatic heterocycles. The maximum absolute atomic E-state index is 11.6. The van der Waals surface area contributed by atoms with Crippen molar-refractivity contribution in [3.63, 3.8) is 0 Å². The van der Waals surface area contributed by atoms with Crippen LogP contribution in [0.1, 0.15) is 19.1 Å². The minimum absolute atomic E-state index is 0.119. The maximum atomic E-state index is 11.6. The van der Waals surface area contributed by atoms with Crippen molar-refractivity contribution in [1.82, 2.24) is 19.7 Å². The van der Waals surface area contributed by atoms with Crippen molar-refractivity contribution in [1.29, 1.82) is 0 Å². The van der Waals surface area contributed by atoms with Crippen LogP contribution in [-0.4, -0.2) is 25.7 Å². The molecule has 7 heteroatoms. The second-order valence-electron chi connectivity index (χ2n) is 4.70. The lowest BCUT2D eigenvalue weighted by atomic mass is 10.4. The van der Waals surface area contributed by atoms with Gasteiger partial charge >= 0.3 is 0 Å². The molecule has 112 valence electrons. The second kappa shape index (κ2) is 5.80. The molecule has 0 bridgehead atoms. The van der Waals surface area contributed by atoms with Crippen molar-refractivity contribution in [2.24, 2.45) is 0 Å². The highest BCUT2D eigenvalue weighted by Gasteiger charge is 2.12. The van der Waals surface area contributed by atoms with Crippen LogP contribution in [0.3, 0.4) is 0 Å². The molecule has 0 fully saturated rings. The molecular weight excluding hydrogens is 282 g/mol. The second-order valence-corrected chi connectivity index (χ2v) is 4.70. The number of amides is 1. The Hall–Kier alpha value is -2.96. The number of nitrogens with zero attached hydrogens (tertiary/aromatic N) is 4.